The van der Waals surface area contributed by atoms with E-state index in [1.165, 1.54) is 5.39 Å². The summed E-state index contributed by atoms with van der Waals surface area (Å²) >= 11 is 0. The Morgan fingerprint density at radius 2 is 1.94 bits per heavy atom. The van der Waals surface area contributed by atoms with Crippen LogP contribution in [-0.4, -0.2) is 17.4 Å². The van der Waals surface area contributed by atoms with E-state index < -0.39 is 0 Å². The second kappa shape index (κ2) is 4.90. The van der Waals surface area contributed by atoms with Gasteiger partial charge < -0.3 is 5.11 Å². The molecule has 0 aliphatic carbocycles. The van der Waals surface area contributed by atoms with Gasteiger partial charge in [0.05, 0.1) is 11.8 Å². The largest absolute Gasteiger partial charge is 0.393 e. The Morgan fingerprint density at radius 1 is 1.19 bits per heavy atom. The summed E-state index contributed by atoms with van der Waals surface area (Å²) in [5.74, 6) is 0. The number of aliphatic imine (C=N–C) groups is 1. The Labute approximate surface area is 95.3 Å². The minimum absolute atomic E-state index is 0.335. The first kappa shape index (κ1) is 10.8. The fourth-order valence-corrected chi connectivity index (χ4v) is 1.62. The van der Waals surface area contributed by atoms with Crippen LogP contribution < -0.4 is 0 Å². The number of rotatable bonds is 3. The summed E-state index contributed by atoms with van der Waals surface area (Å²) in [4.78, 5) is 4.39. The zero-order chi connectivity index (χ0) is 11.4. The molecule has 0 spiro atoms. The zero-order valence-electron chi connectivity index (χ0n) is 9.30. The molecular formula is C14H15NO. The van der Waals surface area contributed by atoms with Crippen molar-refractivity contribution in [3.63, 3.8) is 0 Å². The highest BCUT2D eigenvalue weighted by molar-refractivity contribution is 5.93. The van der Waals surface area contributed by atoms with Gasteiger partial charge in [-0.3, -0.25) is 4.99 Å². The Bertz CT molecular complexity index is 498. The fourth-order valence-electron chi connectivity index (χ4n) is 1.62. The van der Waals surface area contributed by atoms with E-state index in [0.717, 1.165) is 11.1 Å². The predicted molar refractivity (Wildman–Crippen MR) is 68.4 cm³/mol. The highest BCUT2D eigenvalue weighted by atomic mass is 16.3. The molecule has 0 saturated heterocycles. The van der Waals surface area contributed by atoms with Gasteiger partial charge in [0.25, 0.3) is 0 Å². The molecule has 2 heteroatoms. The van der Waals surface area contributed by atoms with Gasteiger partial charge in [-0.2, -0.15) is 0 Å². The summed E-state index contributed by atoms with van der Waals surface area (Å²) in [7, 11) is 0. The van der Waals surface area contributed by atoms with Crippen molar-refractivity contribution in [1.82, 2.24) is 0 Å². The topological polar surface area (TPSA) is 32.6 Å². The molecule has 1 N–H and O–H groups in total. The molecule has 0 fully saturated rings. The van der Waals surface area contributed by atoms with Gasteiger partial charge in [0, 0.05) is 18.0 Å². The van der Waals surface area contributed by atoms with Crippen molar-refractivity contribution in [2.45, 2.75) is 19.4 Å². The minimum atomic E-state index is -0.335. The van der Waals surface area contributed by atoms with Crippen LogP contribution in [0.5, 0.6) is 0 Å². The number of aliphatic hydroxyl groups is 1. The Morgan fingerprint density at radius 3 is 2.75 bits per heavy atom. The van der Waals surface area contributed by atoms with Crippen molar-refractivity contribution in [2.24, 2.45) is 4.99 Å². The molecule has 0 aromatic heterocycles. The van der Waals surface area contributed by atoms with Crippen LogP contribution in [0, 0.1) is 0 Å². The lowest BCUT2D eigenvalue weighted by atomic mass is 10.1. The van der Waals surface area contributed by atoms with Crippen molar-refractivity contribution in [3.05, 3.63) is 42.5 Å². The fraction of sp³-hybridized carbons (Fsp3) is 0.214. The second-order valence-corrected chi connectivity index (χ2v) is 3.89. The van der Waals surface area contributed by atoms with Crippen molar-refractivity contribution in [3.8, 4) is 0 Å². The SMILES string of the molecule is CC(O)C/C=N\c1cccc2ccccc12. The molecular weight excluding hydrogens is 198 g/mol. The van der Waals surface area contributed by atoms with Crippen molar-refractivity contribution >= 4 is 22.7 Å². The Kier molecular flexibility index (Phi) is 3.32. The Hall–Kier alpha value is -1.67. The summed E-state index contributed by atoms with van der Waals surface area (Å²) in [6, 6.07) is 14.2. The van der Waals surface area contributed by atoms with Crippen molar-refractivity contribution in [2.75, 3.05) is 0 Å². The van der Waals surface area contributed by atoms with E-state index in [2.05, 4.69) is 23.2 Å². The first-order valence-corrected chi connectivity index (χ1v) is 5.46. The first-order chi connectivity index (χ1) is 7.77. The van der Waals surface area contributed by atoms with E-state index in [4.69, 9.17) is 5.11 Å². The van der Waals surface area contributed by atoms with Gasteiger partial charge in [0.1, 0.15) is 0 Å². The van der Waals surface area contributed by atoms with Gasteiger partial charge in [-0.1, -0.05) is 36.4 Å². The third-order valence-electron chi connectivity index (χ3n) is 2.44. The van der Waals surface area contributed by atoms with Crippen LogP contribution in [0.2, 0.25) is 0 Å². The molecule has 2 nitrogen and oxygen atoms in total. The number of benzene rings is 2. The molecule has 2 rings (SSSR count). The second-order valence-electron chi connectivity index (χ2n) is 3.89. The van der Waals surface area contributed by atoms with Crippen LogP contribution in [-0.2, 0) is 0 Å². The number of fused-ring (bicyclic) bond motifs is 1. The number of hydrogen-bond acceptors (Lipinski definition) is 2. The average Bonchev–Trinajstić information content (AvgIpc) is 2.29. The van der Waals surface area contributed by atoms with E-state index >= 15 is 0 Å². The summed E-state index contributed by atoms with van der Waals surface area (Å²) in [6.45, 7) is 1.76. The summed E-state index contributed by atoms with van der Waals surface area (Å²) in [6.07, 6.45) is 2.02. The highest BCUT2D eigenvalue weighted by Crippen LogP contribution is 2.25. The van der Waals surface area contributed by atoms with E-state index in [9.17, 15) is 0 Å². The average molecular weight is 213 g/mol. The third kappa shape index (κ3) is 2.47. The molecule has 82 valence electrons. The molecule has 0 amide bonds. The first-order valence-electron chi connectivity index (χ1n) is 5.46. The van der Waals surface area contributed by atoms with Gasteiger partial charge in [-0.05, 0) is 18.4 Å². The molecule has 0 aliphatic heterocycles. The maximum atomic E-state index is 9.15. The lowest BCUT2D eigenvalue weighted by molar-refractivity contribution is 0.204. The van der Waals surface area contributed by atoms with Gasteiger partial charge in [-0.15, -0.1) is 0 Å². The molecule has 0 saturated carbocycles. The third-order valence-corrected chi connectivity index (χ3v) is 2.44. The molecule has 2 aromatic carbocycles. The zero-order valence-corrected chi connectivity index (χ0v) is 9.30. The number of hydrogen-bond donors (Lipinski definition) is 1. The van der Waals surface area contributed by atoms with Gasteiger partial charge >= 0.3 is 0 Å². The maximum absolute atomic E-state index is 9.15. The lowest BCUT2D eigenvalue weighted by Gasteiger charge is -2.01. The number of nitrogens with zero attached hydrogens (tertiary/aromatic N) is 1. The summed E-state index contributed by atoms with van der Waals surface area (Å²) < 4.78 is 0. The van der Waals surface area contributed by atoms with E-state index in [-0.39, 0.29) is 6.10 Å². The summed E-state index contributed by atoms with van der Waals surface area (Å²) in [5.41, 5.74) is 0.957. The van der Waals surface area contributed by atoms with E-state index in [0.29, 0.717) is 6.42 Å². The highest BCUT2D eigenvalue weighted by Gasteiger charge is 1.97. The molecule has 0 bridgehead atoms. The van der Waals surface area contributed by atoms with Gasteiger partial charge in [0.2, 0.25) is 0 Å². The monoisotopic (exact) mass is 213 g/mol. The molecule has 1 atom stereocenters. The Balaban J connectivity index is 2.34. The normalized spacial score (nSPS) is 13.4. The minimum Gasteiger partial charge on any atom is -0.393 e. The predicted octanol–water partition coefficient (Wildman–Crippen LogP) is 3.31. The number of aliphatic hydroxyl groups excluding tert-OH is 1. The van der Waals surface area contributed by atoms with Crippen LogP contribution in [0.4, 0.5) is 5.69 Å². The van der Waals surface area contributed by atoms with Crippen molar-refractivity contribution < 1.29 is 5.11 Å². The van der Waals surface area contributed by atoms with Crippen LogP contribution in [0.3, 0.4) is 0 Å². The van der Waals surface area contributed by atoms with Crippen molar-refractivity contribution in [1.29, 1.82) is 0 Å². The van der Waals surface area contributed by atoms with Gasteiger partial charge in [-0.25, -0.2) is 0 Å². The van der Waals surface area contributed by atoms with Crippen LogP contribution in [0.25, 0.3) is 10.8 Å². The lowest BCUT2D eigenvalue weighted by Crippen LogP contribution is -1.98. The van der Waals surface area contributed by atoms with E-state index in [1.807, 2.05) is 24.3 Å². The van der Waals surface area contributed by atoms with Gasteiger partial charge in [0.15, 0.2) is 0 Å². The summed E-state index contributed by atoms with van der Waals surface area (Å²) in [5, 5.41) is 11.5. The molecule has 0 radical (unpaired) electrons. The van der Waals surface area contributed by atoms with E-state index in [1.54, 1.807) is 13.1 Å². The molecule has 16 heavy (non-hydrogen) atoms. The quantitative estimate of drug-likeness (QED) is 0.779. The smallest absolute Gasteiger partial charge is 0.0704 e. The van der Waals surface area contributed by atoms with Crippen LogP contribution in [0.15, 0.2) is 47.5 Å². The molecule has 2 aromatic rings. The molecule has 1 unspecified atom stereocenters. The standard InChI is InChI=1S/C14H15NO/c1-11(16)9-10-15-14-8-4-6-12-5-2-3-7-13(12)14/h2-8,10-11,16H,9H2,1H3/b15-10-. The molecule has 0 heterocycles. The van der Waals surface area contributed by atoms with Crippen LogP contribution in [0.1, 0.15) is 13.3 Å². The maximum Gasteiger partial charge on any atom is 0.0704 e. The van der Waals surface area contributed by atoms with Crippen LogP contribution >= 0.6 is 0 Å². The molecule has 0 aliphatic rings.